The molecule has 0 bridgehead atoms. The first kappa shape index (κ1) is 25.1. The maximum atomic E-state index is 5.80. The average molecular weight is 429 g/mol. The summed E-state index contributed by atoms with van der Waals surface area (Å²) in [6, 6.07) is 7.97. The van der Waals surface area contributed by atoms with E-state index in [1.54, 1.807) is 12.4 Å². The standard InChI is InChI=1S/C26H40N2O3/c1-3-5-7-11-19-30-24-15-13-23(14-16-24)26-27-21-25(22-28-26)31-20-12-9-8-10-18-29-17-6-4-2/h13-16,21-22H,3-12,17-20H2,1-2H3. The Morgan fingerprint density at radius 1 is 0.581 bits per heavy atom. The van der Waals surface area contributed by atoms with Crippen LogP contribution in [0.4, 0.5) is 0 Å². The predicted molar refractivity (Wildman–Crippen MR) is 127 cm³/mol. The lowest BCUT2D eigenvalue weighted by molar-refractivity contribution is 0.126. The van der Waals surface area contributed by atoms with Crippen molar-refractivity contribution in [1.29, 1.82) is 0 Å². The van der Waals surface area contributed by atoms with Gasteiger partial charge in [-0.2, -0.15) is 0 Å². The first-order valence-electron chi connectivity index (χ1n) is 12.1. The highest BCUT2D eigenvalue weighted by atomic mass is 16.5. The van der Waals surface area contributed by atoms with Crippen LogP contribution < -0.4 is 9.47 Å². The van der Waals surface area contributed by atoms with Gasteiger partial charge in [0.05, 0.1) is 25.6 Å². The minimum Gasteiger partial charge on any atom is -0.494 e. The maximum absolute atomic E-state index is 5.80. The van der Waals surface area contributed by atoms with Gasteiger partial charge < -0.3 is 14.2 Å². The Kier molecular flexibility index (Phi) is 13.4. The van der Waals surface area contributed by atoms with Crippen LogP contribution in [0.15, 0.2) is 36.7 Å². The van der Waals surface area contributed by atoms with Gasteiger partial charge >= 0.3 is 0 Å². The number of benzene rings is 1. The molecule has 2 aromatic rings. The number of hydrogen-bond acceptors (Lipinski definition) is 5. The highest BCUT2D eigenvalue weighted by Crippen LogP contribution is 2.20. The number of ether oxygens (including phenoxy) is 3. The number of nitrogens with zero attached hydrogens (tertiary/aromatic N) is 2. The van der Waals surface area contributed by atoms with Crippen LogP contribution in [0, 0.1) is 0 Å². The lowest BCUT2D eigenvalue weighted by Gasteiger charge is -2.08. The van der Waals surface area contributed by atoms with E-state index in [1.807, 2.05) is 24.3 Å². The lowest BCUT2D eigenvalue weighted by Crippen LogP contribution is -2.00. The predicted octanol–water partition coefficient (Wildman–Crippen LogP) is 6.86. The molecule has 5 heteroatoms. The zero-order valence-electron chi connectivity index (χ0n) is 19.5. The van der Waals surface area contributed by atoms with Crippen molar-refractivity contribution in [3.63, 3.8) is 0 Å². The molecule has 1 heterocycles. The van der Waals surface area contributed by atoms with Crippen molar-refractivity contribution in [2.45, 2.75) is 78.1 Å². The molecular weight excluding hydrogens is 388 g/mol. The summed E-state index contributed by atoms with van der Waals surface area (Å²) < 4.78 is 17.1. The summed E-state index contributed by atoms with van der Waals surface area (Å²) in [7, 11) is 0. The van der Waals surface area contributed by atoms with Crippen LogP contribution in [0.25, 0.3) is 11.4 Å². The molecule has 0 radical (unpaired) electrons. The second kappa shape index (κ2) is 16.5. The minimum absolute atomic E-state index is 0.698. The Morgan fingerprint density at radius 2 is 1.13 bits per heavy atom. The van der Waals surface area contributed by atoms with Gasteiger partial charge in [0.1, 0.15) is 5.75 Å². The molecule has 0 fully saturated rings. The molecule has 0 saturated carbocycles. The van der Waals surface area contributed by atoms with Crippen molar-refractivity contribution in [3.8, 4) is 22.9 Å². The Morgan fingerprint density at radius 3 is 1.77 bits per heavy atom. The van der Waals surface area contributed by atoms with Gasteiger partial charge in [-0.05, 0) is 56.4 Å². The quantitative estimate of drug-likeness (QED) is 0.243. The van der Waals surface area contributed by atoms with Gasteiger partial charge in [0, 0.05) is 18.8 Å². The van der Waals surface area contributed by atoms with Crippen LogP contribution in [-0.4, -0.2) is 36.4 Å². The van der Waals surface area contributed by atoms with E-state index >= 15 is 0 Å². The van der Waals surface area contributed by atoms with Gasteiger partial charge in [-0.3, -0.25) is 0 Å². The molecule has 0 amide bonds. The fourth-order valence-corrected chi connectivity index (χ4v) is 3.16. The first-order chi connectivity index (χ1) is 15.3. The summed E-state index contributed by atoms with van der Waals surface area (Å²) in [5.74, 6) is 2.32. The Labute approximate surface area is 188 Å². The molecule has 31 heavy (non-hydrogen) atoms. The summed E-state index contributed by atoms with van der Waals surface area (Å²) in [6.07, 6.45) is 15.2. The monoisotopic (exact) mass is 428 g/mol. The maximum Gasteiger partial charge on any atom is 0.159 e. The zero-order chi connectivity index (χ0) is 22.0. The summed E-state index contributed by atoms with van der Waals surface area (Å²) in [5, 5.41) is 0. The van der Waals surface area contributed by atoms with Crippen LogP contribution in [0.1, 0.15) is 78.1 Å². The molecule has 0 unspecified atom stereocenters. The smallest absolute Gasteiger partial charge is 0.159 e. The van der Waals surface area contributed by atoms with E-state index in [2.05, 4.69) is 23.8 Å². The van der Waals surface area contributed by atoms with Crippen LogP contribution >= 0.6 is 0 Å². The van der Waals surface area contributed by atoms with E-state index < -0.39 is 0 Å². The highest BCUT2D eigenvalue weighted by molar-refractivity contribution is 5.56. The van der Waals surface area contributed by atoms with E-state index in [0.29, 0.717) is 12.4 Å². The summed E-state index contributed by atoms with van der Waals surface area (Å²) in [5.41, 5.74) is 0.978. The van der Waals surface area contributed by atoms with Gasteiger partial charge in [0.2, 0.25) is 0 Å². The van der Waals surface area contributed by atoms with Crippen molar-refractivity contribution in [2.24, 2.45) is 0 Å². The first-order valence-corrected chi connectivity index (χ1v) is 12.1. The number of rotatable bonds is 18. The molecule has 0 spiro atoms. The fraction of sp³-hybridized carbons (Fsp3) is 0.615. The molecule has 0 aliphatic rings. The SMILES string of the molecule is CCCCCCOc1ccc(-c2ncc(OCCCCCCOCCCC)cn2)cc1. The number of unbranched alkanes of at least 4 members (excludes halogenated alkanes) is 7. The zero-order valence-corrected chi connectivity index (χ0v) is 19.5. The van der Waals surface area contributed by atoms with E-state index in [9.17, 15) is 0 Å². The Hall–Kier alpha value is -2.14. The van der Waals surface area contributed by atoms with E-state index in [1.165, 1.54) is 32.1 Å². The van der Waals surface area contributed by atoms with Crippen molar-refractivity contribution in [2.75, 3.05) is 26.4 Å². The molecular formula is C26H40N2O3. The summed E-state index contributed by atoms with van der Waals surface area (Å²) in [4.78, 5) is 8.89. The second-order valence-electron chi connectivity index (χ2n) is 7.90. The normalized spacial score (nSPS) is 10.9. The molecule has 0 N–H and O–H groups in total. The molecule has 172 valence electrons. The van der Waals surface area contributed by atoms with E-state index in [0.717, 1.165) is 69.0 Å². The number of aromatic nitrogens is 2. The van der Waals surface area contributed by atoms with E-state index in [4.69, 9.17) is 14.2 Å². The summed E-state index contributed by atoms with van der Waals surface area (Å²) >= 11 is 0. The third kappa shape index (κ3) is 11.2. The molecule has 0 atom stereocenters. The fourth-order valence-electron chi connectivity index (χ4n) is 3.16. The second-order valence-corrected chi connectivity index (χ2v) is 7.90. The van der Waals surface area contributed by atoms with Crippen molar-refractivity contribution in [1.82, 2.24) is 9.97 Å². The molecule has 0 aliphatic carbocycles. The van der Waals surface area contributed by atoms with Crippen LogP contribution in [0.3, 0.4) is 0 Å². The van der Waals surface area contributed by atoms with Gasteiger partial charge in [0.25, 0.3) is 0 Å². The third-order valence-electron chi connectivity index (χ3n) is 5.10. The molecule has 1 aromatic carbocycles. The molecule has 2 rings (SSSR count). The van der Waals surface area contributed by atoms with Gasteiger partial charge in [0.15, 0.2) is 11.6 Å². The molecule has 0 saturated heterocycles. The van der Waals surface area contributed by atoms with Crippen LogP contribution in [-0.2, 0) is 4.74 Å². The van der Waals surface area contributed by atoms with Crippen molar-refractivity contribution < 1.29 is 14.2 Å². The molecule has 1 aromatic heterocycles. The highest BCUT2D eigenvalue weighted by Gasteiger charge is 2.03. The van der Waals surface area contributed by atoms with E-state index in [-0.39, 0.29) is 0 Å². The van der Waals surface area contributed by atoms with Gasteiger partial charge in [-0.25, -0.2) is 9.97 Å². The average Bonchev–Trinajstić information content (AvgIpc) is 2.81. The Bertz CT molecular complexity index is 674. The molecule has 5 nitrogen and oxygen atoms in total. The van der Waals surface area contributed by atoms with Gasteiger partial charge in [-0.15, -0.1) is 0 Å². The third-order valence-corrected chi connectivity index (χ3v) is 5.10. The topological polar surface area (TPSA) is 53.5 Å². The lowest BCUT2D eigenvalue weighted by atomic mass is 10.2. The van der Waals surface area contributed by atoms with Crippen LogP contribution in [0.5, 0.6) is 11.5 Å². The van der Waals surface area contributed by atoms with Crippen molar-refractivity contribution in [3.05, 3.63) is 36.7 Å². The largest absolute Gasteiger partial charge is 0.494 e. The van der Waals surface area contributed by atoms with Crippen LogP contribution in [0.2, 0.25) is 0 Å². The number of hydrogen-bond donors (Lipinski definition) is 0. The minimum atomic E-state index is 0.698. The van der Waals surface area contributed by atoms with Gasteiger partial charge in [-0.1, -0.05) is 46.0 Å². The van der Waals surface area contributed by atoms with Crippen molar-refractivity contribution >= 4 is 0 Å². The summed E-state index contributed by atoms with van der Waals surface area (Å²) in [6.45, 7) is 7.65. The molecule has 0 aliphatic heterocycles. The Balaban J connectivity index is 1.60.